The van der Waals surface area contributed by atoms with Crippen LogP contribution < -0.4 is 4.90 Å². The molecule has 0 spiro atoms. The predicted molar refractivity (Wildman–Crippen MR) is 100 cm³/mol. The Labute approximate surface area is 142 Å². The van der Waals surface area contributed by atoms with Crippen LogP contribution in [0.1, 0.15) is 34.7 Å². The van der Waals surface area contributed by atoms with E-state index in [2.05, 4.69) is 85.9 Å². The molecule has 0 fully saturated rings. The number of hydrogen-bond acceptors (Lipinski definition) is 2. The fourth-order valence-corrected chi connectivity index (χ4v) is 4.59. The molecule has 3 aromatic rings. The topological polar surface area (TPSA) is 3.24 Å². The largest absolute Gasteiger partial charge is 0.344 e. The Morgan fingerprint density at radius 2 is 1.43 bits per heavy atom. The van der Waals surface area contributed by atoms with E-state index in [1.807, 2.05) is 0 Å². The average molecular weight is 319 g/mol. The highest BCUT2D eigenvalue weighted by Gasteiger charge is 2.40. The smallest absolute Gasteiger partial charge is 0.0472 e. The van der Waals surface area contributed by atoms with Crippen molar-refractivity contribution in [2.45, 2.75) is 26.2 Å². The number of hydrogen-bond donors (Lipinski definition) is 0. The molecule has 2 heteroatoms. The summed E-state index contributed by atoms with van der Waals surface area (Å²) in [5.41, 5.74) is 9.32. The number of fused-ring (bicyclic) bond motifs is 2. The second kappa shape index (κ2) is 4.97. The van der Waals surface area contributed by atoms with Gasteiger partial charge in [0, 0.05) is 23.8 Å². The fraction of sp³-hybridized carbons (Fsp3) is 0.238. The third-order valence-corrected chi connectivity index (χ3v) is 5.89. The van der Waals surface area contributed by atoms with Crippen molar-refractivity contribution >= 4 is 22.7 Å². The molecule has 2 aromatic carbocycles. The zero-order chi connectivity index (χ0) is 16.2. The van der Waals surface area contributed by atoms with Gasteiger partial charge < -0.3 is 4.90 Å². The van der Waals surface area contributed by atoms with E-state index in [9.17, 15) is 0 Å². The Morgan fingerprint density at radius 1 is 0.870 bits per heavy atom. The Bertz CT molecular complexity index is 823. The van der Waals surface area contributed by atoms with Crippen molar-refractivity contribution in [1.29, 1.82) is 0 Å². The highest BCUT2D eigenvalue weighted by atomic mass is 32.1. The molecule has 0 amide bonds. The minimum Gasteiger partial charge on any atom is -0.344 e. The first-order valence-corrected chi connectivity index (χ1v) is 8.95. The van der Waals surface area contributed by atoms with Crippen LogP contribution in [0.25, 0.3) is 0 Å². The van der Waals surface area contributed by atoms with Gasteiger partial charge in [0.25, 0.3) is 0 Å². The Hall–Kier alpha value is -2.06. The molecule has 0 saturated carbocycles. The molecule has 0 unspecified atom stereocenters. The first-order valence-electron chi connectivity index (χ1n) is 8.00. The number of nitrogens with zero attached hydrogens (tertiary/aromatic N) is 1. The summed E-state index contributed by atoms with van der Waals surface area (Å²) in [6, 6.07) is 15.9. The molecule has 23 heavy (non-hydrogen) atoms. The number of anilines is 2. The molecule has 2 heterocycles. The first-order chi connectivity index (χ1) is 11.0. The quantitative estimate of drug-likeness (QED) is 0.548. The molecule has 0 N–H and O–H groups in total. The van der Waals surface area contributed by atoms with Crippen LogP contribution in [0.4, 0.5) is 11.4 Å². The van der Waals surface area contributed by atoms with Crippen LogP contribution >= 0.6 is 11.3 Å². The number of rotatable bonds is 1. The van der Waals surface area contributed by atoms with Crippen LogP contribution in [0.3, 0.4) is 0 Å². The molecular weight excluding hydrogens is 298 g/mol. The minimum atomic E-state index is -0.102. The molecule has 1 aromatic heterocycles. The van der Waals surface area contributed by atoms with Gasteiger partial charge in [-0.3, -0.25) is 0 Å². The van der Waals surface area contributed by atoms with Gasteiger partial charge in [-0.1, -0.05) is 35.4 Å². The van der Waals surface area contributed by atoms with E-state index in [4.69, 9.17) is 0 Å². The lowest BCUT2D eigenvalue weighted by Gasteiger charge is -2.42. The lowest BCUT2D eigenvalue weighted by molar-refractivity contribution is 0.680. The molecule has 1 aliphatic heterocycles. The summed E-state index contributed by atoms with van der Waals surface area (Å²) in [4.78, 5) is 2.33. The van der Waals surface area contributed by atoms with Crippen molar-refractivity contribution < 1.29 is 0 Å². The molecule has 0 radical (unpaired) electrons. The van der Waals surface area contributed by atoms with E-state index in [-0.39, 0.29) is 5.41 Å². The first kappa shape index (κ1) is 14.5. The summed E-state index contributed by atoms with van der Waals surface area (Å²) in [7, 11) is 2.18. The third-order valence-electron chi connectivity index (χ3n) is 5.20. The molecule has 116 valence electrons. The van der Waals surface area contributed by atoms with Crippen LogP contribution in [0.2, 0.25) is 0 Å². The summed E-state index contributed by atoms with van der Waals surface area (Å²) < 4.78 is 0. The van der Waals surface area contributed by atoms with Crippen LogP contribution in [-0.4, -0.2) is 7.05 Å². The fourth-order valence-electron chi connectivity index (χ4n) is 3.82. The second-order valence-corrected chi connectivity index (χ2v) is 7.52. The summed E-state index contributed by atoms with van der Waals surface area (Å²) in [6.07, 6.45) is 0. The second-order valence-electron chi connectivity index (χ2n) is 6.74. The molecule has 1 aliphatic rings. The van der Waals surface area contributed by atoms with Gasteiger partial charge in [-0.2, -0.15) is 11.3 Å². The maximum absolute atomic E-state index is 2.37. The molecular formula is C21H21NS. The third kappa shape index (κ3) is 1.98. The van der Waals surface area contributed by atoms with Crippen molar-refractivity contribution in [3.63, 3.8) is 0 Å². The SMILES string of the molecule is Cc1ccc2c(c1)C(C)(c1ccsc1)c1cc(C)ccc1N2C. The van der Waals surface area contributed by atoms with Crippen molar-refractivity contribution in [2.75, 3.05) is 11.9 Å². The zero-order valence-corrected chi connectivity index (χ0v) is 14.9. The summed E-state index contributed by atoms with van der Waals surface area (Å²) in [5, 5.41) is 4.48. The number of benzene rings is 2. The summed E-state index contributed by atoms with van der Waals surface area (Å²) >= 11 is 1.78. The van der Waals surface area contributed by atoms with Gasteiger partial charge in [0.15, 0.2) is 0 Å². The zero-order valence-electron chi connectivity index (χ0n) is 14.1. The van der Waals surface area contributed by atoms with E-state index < -0.39 is 0 Å². The lowest BCUT2D eigenvalue weighted by Crippen LogP contribution is -2.34. The summed E-state index contributed by atoms with van der Waals surface area (Å²) in [6.45, 7) is 6.73. The van der Waals surface area contributed by atoms with Gasteiger partial charge in [0.2, 0.25) is 0 Å². The minimum absolute atomic E-state index is 0.102. The van der Waals surface area contributed by atoms with Crippen LogP contribution in [0.5, 0.6) is 0 Å². The maximum Gasteiger partial charge on any atom is 0.0472 e. The molecule has 4 rings (SSSR count). The van der Waals surface area contributed by atoms with Crippen LogP contribution in [0, 0.1) is 13.8 Å². The monoisotopic (exact) mass is 319 g/mol. The van der Waals surface area contributed by atoms with Gasteiger partial charge in [0.1, 0.15) is 0 Å². The van der Waals surface area contributed by atoms with Gasteiger partial charge in [-0.15, -0.1) is 0 Å². The highest BCUT2D eigenvalue weighted by molar-refractivity contribution is 7.08. The van der Waals surface area contributed by atoms with Crippen molar-refractivity contribution in [1.82, 2.24) is 0 Å². The van der Waals surface area contributed by atoms with Crippen LogP contribution in [-0.2, 0) is 5.41 Å². The Morgan fingerprint density at radius 3 is 1.91 bits per heavy atom. The van der Waals surface area contributed by atoms with Crippen molar-refractivity contribution in [3.8, 4) is 0 Å². The maximum atomic E-state index is 2.37. The van der Waals surface area contributed by atoms with Gasteiger partial charge >= 0.3 is 0 Å². The Balaban J connectivity index is 2.12. The lowest BCUT2D eigenvalue weighted by atomic mass is 9.68. The molecule has 0 saturated heterocycles. The van der Waals surface area contributed by atoms with Gasteiger partial charge in [-0.25, -0.2) is 0 Å². The standard InChI is InChI=1S/C21H21NS/c1-14-5-7-19-17(11-14)21(3,16-9-10-23-13-16)18-12-15(2)6-8-20(18)22(19)4/h5-13H,1-4H3. The van der Waals surface area contributed by atoms with Crippen molar-refractivity contribution in [3.05, 3.63) is 81.0 Å². The van der Waals surface area contributed by atoms with E-state index in [0.29, 0.717) is 0 Å². The van der Waals surface area contributed by atoms with Crippen molar-refractivity contribution in [2.24, 2.45) is 0 Å². The van der Waals surface area contributed by atoms with E-state index in [1.54, 1.807) is 11.3 Å². The van der Waals surface area contributed by atoms with E-state index in [1.165, 1.54) is 39.2 Å². The molecule has 0 aliphatic carbocycles. The predicted octanol–water partition coefficient (Wildman–Crippen LogP) is 5.80. The highest BCUT2D eigenvalue weighted by Crippen LogP contribution is 2.52. The normalized spacial score (nSPS) is 15.2. The number of thiophene rings is 1. The molecule has 1 nitrogen and oxygen atoms in total. The van der Waals surface area contributed by atoms with Crippen LogP contribution in [0.15, 0.2) is 53.2 Å². The van der Waals surface area contributed by atoms with Gasteiger partial charge in [-0.05, 0) is 66.4 Å². The molecule has 0 atom stereocenters. The average Bonchev–Trinajstić information content (AvgIpc) is 3.07. The van der Waals surface area contributed by atoms with E-state index in [0.717, 1.165) is 0 Å². The summed E-state index contributed by atoms with van der Waals surface area (Å²) in [5.74, 6) is 0. The molecule has 0 bridgehead atoms. The van der Waals surface area contributed by atoms with Gasteiger partial charge in [0.05, 0.1) is 0 Å². The number of aryl methyl sites for hydroxylation is 2. The Kier molecular flexibility index (Phi) is 3.14. The van der Waals surface area contributed by atoms with E-state index >= 15 is 0 Å².